The molecular weight excluding hydrogens is 216 g/mol. The standard InChI is InChI=1S/C12H18N4O/c1-2-3-5-13-11-7-12(15-9-14-11)16-6-4-10(17)8-16/h7,9H,2-6,8H2,1H3,(H,13,14,15). The highest BCUT2D eigenvalue weighted by molar-refractivity contribution is 5.86. The van der Waals surface area contributed by atoms with Crippen molar-refractivity contribution in [3.8, 4) is 0 Å². The average molecular weight is 234 g/mol. The molecule has 0 saturated carbocycles. The molecule has 1 fully saturated rings. The Morgan fingerprint density at radius 3 is 3.06 bits per heavy atom. The molecule has 5 nitrogen and oxygen atoms in total. The first-order valence-corrected chi connectivity index (χ1v) is 6.12. The molecule has 1 saturated heterocycles. The van der Waals surface area contributed by atoms with E-state index in [1.807, 2.05) is 11.0 Å². The van der Waals surface area contributed by atoms with Gasteiger partial charge in [0, 0.05) is 25.6 Å². The SMILES string of the molecule is CCCCNc1cc(N2CCC(=O)C2)ncn1. The van der Waals surface area contributed by atoms with Crippen LogP contribution in [0.25, 0.3) is 0 Å². The summed E-state index contributed by atoms with van der Waals surface area (Å²) in [4.78, 5) is 21.6. The second-order valence-electron chi connectivity index (χ2n) is 4.25. The number of hydrogen-bond donors (Lipinski definition) is 1. The third-order valence-electron chi connectivity index (χ3n) is 2.84. The number of aromatic nitrogens is 2. The van der Waals surface area contributed by atoms with Crippen molar-refractivity contribution in [1.82, 2.24) is 9.97 Å². The number of hydrogen-bond acceptors (Lipinski definition) is 5. The van der Waals surface area contributed by atoms with Crippen molar-refractivity contribution in [3.63, 3.8) is 0 Å². The van der Waals surface area contributed by atoms with Gasteiger partial charge in [0.1, 0.15) is 18.0 Å². The van der Waals surface area contributed by atoms with Gasteiger partial charge < -0.3 is 10.2 Å². The second kappa shape index (κ2) is 5.61. The maximum Gasteiger partial charge on any atom is 0.153 e. The molecule has 5 heteroatoms. The lowest BCUT2D eigenvalue weighted by molar-refractivity contribution is -0.116. The van der Waals surface area contributed by atoms with Crippen LogP contribution >= 0.6 is 0 Å². The van der Waals surface area contributed by atoms with Crippen LogP contribution in [0.4, 0.5) is 11.6 Å². The van der Waals surface area contributed by atoms with Crippen LogP contribution in [0.15, 0.2) is 12.4 Å². The number of nitrogens with one attached hydrogen (secondary N) is 1. The van der Waals surface area contributed by atoms with Crippen molar-refractivity contribution in [1.29, 1.82) is 0 Å². The van der Waals surface area contributed by atoms with E-state index in [4.69, 9.17) is 0 Å². The van der Waals surface area contributed by atoms with Crippen LogP contribution in [0, 0.1) is 0 Å². The van der Waals surface area contributed by atoms with Crippen molar-refractivity contribution >= 4 is 17.4 Å². The third-order valence-corrected chi connectivity index (χ3v) is 2.84. The smallest absolute Gasteiger partial charge is 0.153 e. The van der Waals surface area contributed by atoms with E-state index in [0.29, 0.717) is 13.0 Å². The van der Waals surface area contributed by atoms with E-state index in [9.17, 15) is 4.79 Å². The van der Waals surface area contributed by atoms with Gasteiger partial charge in [-0.15, -0.1) is 0 Å². The van der Waals surface area contributed by atoms with Crippen LogP contribution in [0.3, 0.4) is 0 Å². The maximum atomic E-state index is 11.2. The van der Waals surface area contributed by atoms with Crippen LogP contribution in [-0.2, 0) is 4.79 Å². The highest BCUT2D eigenvalue weighted by atomic mass is 16.1. The molecule has 0 radical (unpaired) electrons. The van der Waals surface area contributed by atoms with Gasteiger partial charge in [0.25, 0.3) is 0 Å². The zero-order valence-electron chi connectivity index (χ0n) is 10.1. The Kier molecular flexibility index (Phi) is 3.90. The molecule has 0 aromatic carbocycles. The summed E-state index contributed by atoms with van der Waals surface area (Å²) in [6, 6.07) is 1.91. The van der Waals surface area contributed by atoms with Crippen molar-refractivity contribution < 1.29 is 4.79 Å². The minimum atomic E-state index is 0.282. The lowest BCUT2D eigenvalue weighted by Gasteiger charge is -2.15. The monoisotopic (exact) mass is 234 g/mol. The van der Waals surface area contributed by atoms with E-state index in [1.54, 1.807) is 6.33 Å². The second-order valence-corrected chi connectivity index (χ2v) is 4.25. The van der Waals surface area contributed by atoms with Crippen molar-refractivity contribution in [2.75, 3.05) is 29.9 Å². The largest absolute Gasteiger partial charge is 0.370 e. The molecule has 1 N–H and O–H groups in total. The summed E-state index contributed by atoms with van der Waals surface area (Å²) in [5.74, 6) is 1.96. The van der Waals surface area contributed by atoms with Gasteiger partial charge in [-0.25, -0.2) is 9.97 Å². The van der Waals surface area contributed by atoms with Gasteiger partial charge in [0.05, 0.1) is 6.54 Å². The average Bonchev–Trinajstić information content (AvgIpc) is 2.77. The summed E-state index contributed by atoms with van der Waals surface area (Å²) < 4.78 is 0. The number of ketones is 1. The summed E-state index contributed by atoms with van der Waals surface area (Å²) in [5.41, 5.74) is 0. The van der Waals surface area contributed by atoms with Crippen LogP contribution in [0.2, 0.25) is 0 Å². The predicted octanol–water partition coefficient (Wildman–Crippen LogP) is 1.47. The fourth-order valence-corrected chi connectivity index (χ4v) is 1.84. The summed E-state index contributed by atoms with van der Waals surface area (Å²) in [7, 11) is 0. The predicted molar refractivity (Wildman–Crippen MR) is 67.3 cm³/mol. The maximum absolute atomic E-state index is 11.2. The normalized spacial score (nSPS) is 15.4. The van der Waals surface area contributed by atoms with Gasteiger partial charge in [0.2, 0.25) is 0 Å². The minimum absolute atomic E-state index is 0.282. The molecule has 0 spiro atoms. The number of carbonyl (C=O) groups excluding carboxylic acids is 1. The van der Waals surface area contributed by atoms with E-state index in [1.165, 1.54) is 0 Å². The molecule has 1 aromatic rings. The van der Waals surface area contributed by atoms with E-state index in [0.717, 1.165) is 37.6 Å². The Hall–Kier alpha value is -1.65. The Morgan fingerprint density at radius 1 is 1.47 bits per heavy atom. The summed E-state index contributed by atoms with van der Waals surface area (Å²) in [6.45, 7) is 4.32. The fraction of sp³-hybridized carbons (Fsp3) is 0.583. The Bertz CT molecular complexity index is 394. The summed E-state index contributed by atoms with van der Waals surface area (Å²) in [5, 5.41) is 3.26. The topological polar surface area (TPSA) is 58.1 Å². The number of Topliss-reactive ketones (excluding diaryl/α,β-unsaturated/α-hetero) is 1. The number of anilines is 2. The summed E-state index contributed by atoms with van der Waals surface area (Å²) >= 11 is 0. The number of rotatable bonds is 5. The third kappa shape index (κ3) is 3.15. The van der Waals surface area contributed by atoms with Gasteiger partial charge in [-0.1, -0.05) is 13.3 Å². The molecule has 1 aliphatic heterocycles. The molecule has 0 amide bonds. The number of unbranched alkanes of at least 4 members (excludes halogenated alkanes) is 1. The molecule has 92 valence electrons. The number of nitrogens with zero attached hydrogens (tertiary/aromatic N) is 3. The molecular formula is C12H18N4O. The Labute approximate surface area is 101 Å². The quantitative estimate of drug-likeness (QED) is 0.782. The molecule has 1 aliphatic rings. The van der Waals surface area contributed by atoms with Crippen LogP contribution in [0.1, 0.15) is 26.2 Å². The molecule has 2 rings (SSSR count). The lowest BCUT2D eigenvalue weighted by Crippen LogP contribution is -2.21. The highest BCUT2D eigenvalue weighted by Crippen LogP contribution is 2.17. The number of carbonyl (C=O) groups is 1. The van der Waals surface area contributed by atoms with Crippen molar-refractivity contribution in [2.24, 2.45) is 0 Å². The minimum Gasteiger partial charge on any atom is -0.370 e. The van der Waals surface area contributed by atoms with E-state index >= 15 is 0 Å². The van der Waals surface area contributed by atoms with Gasteiger partial charge in [-0.05, 0) is 6.42 Å². The first kappa shape index (κ1) is 11.8. The molecule has 2 heterocycles. The fourth-order valence-electron chi connectivity index (χ4n) is 1.84. The van der Waals surface area contributed by atoms with Gasteiger partial charge in [-0.2, -0.15) is 0 Å². The van der Waals surface area contributed by atoms with E-state index < -0.39 is 0 Å². The molecule has 0 unspecified atom stereocenters. The van der Waals surface area contributed by atoms with Crippen molar-refractivity contribution in [3.05, 3.63) is 12.4 Å². The van der Waals surface area contributed by atoms with Crippen LogP contribution in [0.5, 0.6) is 0 Å². The lowest BCUT2D eigenvalue weighted by atomic mass is 10.3. The first-order chi connectivity index (χ1) is 8.29. The molecule has 17 heavy (non-hydrogen) atoms. The molecule has 0 aliphatic carbocycles. The van der Waals surface area contributed by atoms with Gasteiger partial charge in [0.15, 0.2) is 5.78 Å². The highest BCUT2D eigenvalue weighted by Gasteiger charge is 2.20. The van der Waals surface area contributed by atoms with Crippen LogP contribution < -0.4 is 10.2 Å². The first-order valence-electron chi connectivity index (χ1n) is 6.12. The van der Waals surface area contributed by atoms with Crippen molar-refractivity contribution in [2.45, 2.75) is 26.2 Å². The zero-order valence-corrected chi connectivity index (χ0v) is 10.1. The van der Waals surface area contributed by atoms with E-state index in [-0.39, 0.29) is 5.78 Å². The molecule has 1 aromatic heterocycles. The summed E-state index contributed by atoms with van der Waals surface area (Å²) in [6.07, 6.45) is 4.46. The van der Waals surface area contributed by atoms with Crippen LogP contribution in [-0.4, -0.2) is 35.4 Å². The Morgan fingerprint density at radius 2 is 2.35 bits per heavy atom. The molecule has 0 bridgehead atoms. The van der Waals surface area contributed by atoms with E-state index in [2.05, 4.69) is 22.2 Å². The zero-order chi connectivity index (χ0) is 12.1. The van der Waals surface area contributed by atoms with Gasteiger partial charge in [-0.3, -0.25) is 4.79 Å². The van der Waals surface area contributed by atoms with Gasteiger partial charge >= 0.3 is 0 Å². The molecule has 0 atom stereocenters. The Balaban J connectivity index is 1.98.